The van der Waals surface area contributed by atoms with E-state index in [1.54, 1.807) is 6.07 Å². The van der Waals surface area contributed by atoms with Crippen molar-refractivity contribution in [3.63, 3.8) is 0 Å². The van der Waals surface area contributed by atoms with Crippen molar-refractivity contribution < 1.29 is 46.6 Å². The number of rotatable bonds is 8. The molecule has 0 saturated carbocycles. The van der Waals surface area contributed by atoms with Crippen LogP contribution >= 0.6 is 0 Å². The first kappa shape index (κ1) is 21.9. The molecular formula is C15H14F4N2O6. The number of benzene rings is 1. The van der Waals surface area contributed by atoms with E-state index in [0.717, 1.165) is 0 Å². The molecule has 0 aromatic heterocycles. The maximum atomic E-state index is 13.0. The Bertz CT molecular complexity index is 695. The summed E-state index contributed by atoms with van der Waals surface area (Å²) < 4.78 is 55.5. The number of hydrogen-bond acceptors (Lipinski definition) is 5. The number of carbonyl (C=O) groups is 4. The van der Waals surface area contributed by atoms with Gasteiger partial charge in [0.15, 0.2) is 5.78 Å². The van der Waals surface area contributed by atoms with Crippen LogP contribution in [-0.4, -0.2) is 53.9 Å². The minimum Gasteiger partial charge on any atom is -0.481 e. The van der Waals surface area contributed by atoms with Gasteiger partial charge in [-0.15, -0.1) is 0 Å². The van der Waals surface area contributed by atoms with Crippen molar-refractivity contribution in [2.45, 2.75) is 24.7 Å². The quantitative estimate of drug-likeness (QED) is 0.577. The van der Waals surface area contributed by atoms with E-state index in [2.05, 4.69) is 4.74 Å². The lowest BCUT2D eigenvalue weighted by Gasteiger charge is -2.22. The normalized spacial score (nSPS) is 13.2. The molecule has 0 heterocycles. The maximum absolute atomic E-state index is 13.0. The Morgan fingerprint density at radius 3 is 2.19 bits per heavy atom. The van der Waals surface area contributed by atoms with Crippen molar-refractivity contribution >= 4 is 29.4 Å². The van der Waals surface area contributed by atoms with Crippen molar-refractivity contribution in [1.29, 1.82) is 0 Å². The van der Waals surface area contributed by atoms with Crippen LogP contribution < -0.4 is 10.6 Å². The number of ketones is 1. The Balaban J connectivity index is 2.88. The van der Waals surface area contributed by atoms with Crippen molar-refractivity contribution in [3.8, 4) is 0 Å². The number of anilines is 1. The molecule has 148 valence electrons. The Hall–Kier alpha value is -3.18. The predicted molar refractivity (Wildman–Crippen MR) is 81.6 cm³/mol. The molecule has 0 aliphatic carbocycles. The highest BCUT2D eigenvalue weighted by Gasteiger charge is 2.49. The van der Waals surface area contributed by atoms with Crippen LogP contribution in [0.15, 0.2) is 30.3 Å². The first-order valence-electron chi connectivity index (χ1n) is 7.24. The van der Waals surface area contributed by atoms with Gasteiger partial charge in [0.25, 0.3) is 12.0 Å². The number of amides is 2. The van der Waals surface area contributed by atoms with Crippen LogP contribution in [0, 0.1) is 0 Å². The van der Waals surface area contributed by atoms with Crippen LogP contribution in [0.4, 0.5) is 28.0 Å². The summed E-state index contributed by atoms with van der Waals surface area (Å²) in [5, 5.41) is 12.0. The van der Waals surface area contributed by atoms with Crippen LogP contribution in [0.5, 0.6) is 0 Å². The number of nitrogens with one attached hydrogen (secondary N) is 2. The third-order valence-electron chi connectivity index (χ3n) is 3.00. The molecule has 1 unspecified atom stereocenters. The summed E-state index contributed by atoms with van der Waals surface area (Å²) in [7, 11) is 0. The Labute approximate surface area is 149 Å². The van der Waals surface area contributed by atoms with E-state index in [-0.39, 0.29) is 5.69 Å². The second kappa shape index (κ2) is 9.50. The molecule has 1 rings (SSSR count). The number of carboxylic acid groups (broad SMARTS) is 1. The average molecular weight is 394 g/mol. The lowest BCUT2D eigenvalue weighted by Crippen LogP contribution is -2.53. The molecule has 1 aromatic carbocycles. The lowest BCUT2D eigenvalue weighted by molar-refractivity contribution is -0.204. The molecule has 0 fully saturated rings. The Kier molecular flexibility index (Phi) is 7.69. The number of para-hydroxylation sites is 1. The average Bonchev–Trinajstić information content (AvgIpc) is 2.57. The van der Waals surface area contributed by atoms with Crippen molar-refractivity contribution in [2.24, 2.45) is 0 Å². The molecule has 27 heavy (non-hydrogen) atoms. The number of aliphatic carboxylic acids is 1. The summed E-state index contributed by atoms with van der Waals surface area (Å²) in [6, 6.07) is 5.16. The van der Waals surface area contributed by atoms with Crippen LogP contribution in [0.3, 0.4) is 0 Å². The smallest absolute Gasteiger partial charge is 0.434 e. The maximum Gasteiger partial charge on any atom is 0.434 e. The summed E-state index contributed by atoms with van der Waals surface area (Å²) >= 11 is 0. The molecule has 8 nitrogen and oxygen atoms in total. The van der Waals surface area contributed by atoms with Gasteiger partial charge in [0.1, 0.15) is 12.7 Å². The summed E-state index contributed by atoms with van der Waals surface area (Å²) in [6.07, 6.45) is -11.5. The van der Waals surface area contributed by atoms with Gasteiger partial charge in [-0.2, -0.15) is 13.2 Å². The fourth-order valence-electron chi connectivity index (χ4n) is 1.81. The van der Waals surface area contributed by atoms with Gasteiger partial charge in [0, 0.05) is 5.69 Å². The van der Waals surface area contributed by atoms with Crippen molar-refractivity contribution in [1.82, 2.24) is 5.32 Å². The van der Waals surface area contributed by atoms with Gasteiger partial charge < -0.3 is 15.2 Å². The lowest BCUT2D eigenvalue weighted by atomic mass is 10.1. The van der Waals surface area contributed by atoms with Gasteiger partial charge in [0.05, 0.1) is 6.42 Å². The van der Waals surface area contributed by atoms with E-state index >= 15 is 0 Å². The zero-order valence-electron chi connectivity index (χ0n) is 13.5. The van der Waals surface area contributed by atoms with E-state index in [4.69, 9.17) is 5.11 Å². The number of ether oxygens (including phenoxy) is 1. The summed E-state index contributed by atoms with van der Waals surface area (Å²) in [5.74, 6) is -5.12. The molecule has 12 heteroatoms. The minimum atomic E-state index is -5.37. The number of Topliss-reactive ketones (excluding diaryl/α,β-unsaturated/α-hetero) is 1. The highest BCUT2D eigenvalue weighted by atomic mass is 19.4. The standard InChI is InChI=1S/C15H14F4N2O6/c16-7-10(22)9(6-11(23)24)21-13(25)12(15(17,18)19)27-14(26)20-8-4-2-1-3-5-8/h1-5,9,12H,6-7H2,(H,20,26)(H,21,25)(H,23,24)/t9-,12?/m0/s1. The second-order valence-corrected chi connectivity index (χ2v) is 5.08. The molecule has 1 aromatic rings. The van der Waals surface area contributed by atoms with Crippen LogP contribution in [0.25, 0.3) is 0 Å². The van der Waals surface area contributed by atoms with E-state index in [1.807, 2.05) is 5.32 Å². The molecule has 0 aliphatic rings. The number of alkyl halides is 4. The molecule has 3 N–H and O–H groups in total. The number of halogens is 4. The summed E-state index contributed by atoms with van der Waals surface area (Å²) in [5.41, 5.74) is 0.0835. The molecule has 0 spiro atoms. The van der Waals surface area contributed by atoms with E-state index < -0.39 is 55.2 Å². The summed E-state index contributed by atoms with van der Waals surface area (Å²) in [4.78, 5) is 45.3. The predicted octanol–water partition coefficient (Wildman–Crippen LogP) is 1.66. The number of carbonyl (C=O) groups excluding carboxylic acids is 3. The van der Waals surface area contributed by atoms with E-state index in [1.165, 1.54) is 29.6 Å². The minimum absolute atomic E-state index is 0.0835. The molecule has 0 aliphatic heterocycles. The van der Waals surface area contributed by atoms with Crippen LogP contribution in [-0.2, 0) is 19.1 Å². The fraction of sp³-hybridized carbons (Fsp3) is 0.333. The molecule has 2 amide bonds. The van der Waals surface area contributed by atoms with Crippen molar-refractivity contribution in [2.75, 3.05) is 12.0 Å². The van der Waals surface area contributed by atoms with Gasteiger partial charge >= 0.3 is 18.2 Å². The van der Waals surface area contributed by atoms with Gasteiger partial charge in [-0.05, 0) is 12.1 Å². The zero-order chi connectivity index (χ0) is 20.6. The second-order valence-electron chi connectivity index (χ2n) is 5.08. The third-order valence-corrected chi connectivity index (χ3v) is 3.00. The fourth-order valence-corrected chi connectivity index (χ4v) is 1.81. The highest BCUT2D eigenvalue weighted by Crippen LogP contribution is 2.24. The van der Waals surface area contributed by atoms with Crippen molar-refractivity contribution in [3.05, 3.63) is 30.3 Å². The molecule has 2 atom stereocenters. The Morgan fingerprint density at radius 1 is 1.11 bits per heavy atom. The van der Waals surface area contributed by atoms with E-state index in [9.17, 15) is 36.7 Å². The number of hydrogen-bond donors (Lipinski definition) is 3. The van der Waals surface area contributed by atoms with Crippen LogP contribution in [0.2, 0.25) is 0 Å². The zero-order valence-corrected chi connectivity index (χ0v) is 13.5. The van der Waals surface area contributed by atoms with Gasteiger partial charge in [-0.1, -0.05) is 18.2 Å². The largest absolute Gasteiger partial charge is 0.481 e. The number of carboxylic acids is 1. The molecular weight excluding hydrogens is 380 g/mol. The Morgan fingerprint density at radius 2 is 1.70 bits per heavy atom. The van der Waals surface area contributed by atoms with Crippen LogP contribution in [0.1, 0.15) is 6.42 Å². The van der Waals surface area contributed by atoms with Gasteiger partial charge in [0.2, 0.25) is 0 Å². The first-order chi connectivity index (χ1) is 12.5. The molecule has 0 saturated heterocycles. The third kappa shape index (κ3) is 7.30. The van der Waals surface area contributed by atoms with E-state index in [0.29, 0.717) is 0 Å². The monoisotopic (exact) mass is 394 g/mol. The SMILES string of the molecule is O=C(O)C[C@H](NC(=O)C(OC(=O)Nc1ccccc1)C(F)(F)F)C(=O)CF. The molecule has 0 radical (unpaired) electrons. The first-order valence-corrected chi connectivity index (χ1v) is 7.24. The molecule has 0 bridgehead atoms. The summed E-state index contributed by atoms with van der Waals surface area (Å²) in [6.45, 7) is -1.70. The topological polar surface area (TPSA) is 122 Å². The van der Waals surface area contributed by atoms with Gasteiger partial charge in [-0.25, -0.2) is 9.18 Å². The highest BCUT2D eigenvalue weighted by molar-refractivity contribution is 5.95. The van der Waals surface area contributed by atoms with Gasteiger partial charge in [-0.3, -0.25) is 19.7 Å².